The zero-order chi connectivity index (χ0) is 13.9. The Morgan fingerprint density at radius 2 is 1.80 bits per heavy atom. The topological polar surface area (TPSA) is 55.0 Å². The molecule has 0 amide bonds. The van der Waals surface area contributed by atoms with E-state index in [9.17, 15) is 0 Å². The van der Waals surface area contributed by atoms with Crippen molar-refractivity contribution in [2.75, 3.05) is 18.8 Å². The van der Waals surface area contributed by atoms with Crippen molar-refractivity contribution in [3.63, 3.8) is 0 Å². The summed E-state index contributed by atoms with van der Waals surface area (Å²) in [4.78, 5) is 10.9. The molecule has 1 aromatic carbocycles. The highest BCUT2D eigenvalue weighted by atomic mass is 15.2. The van der Waals surface area contributed by atoms with Crippen LogP contribution in [0.2, 0.25) is 0 Å². The van der Waals surface area contributed by atoms with E-state index in [-0.39, 0.29) is 0 Å². The lowest BCUT2D eigenvalue weighted by atomic mass is 10.0. The van der Waals surface area contributed by atoms with Gasteiger partial charge in [-0.3, -0.25) is 9.88 Å². The molecule has 104 valence electrons. The van der Waals surface area contributed by atoms with Crippen LogP contribution in [0.25, 0.3) is 11.3 Å². The van der Waals surface area contributed by atoms with E-state index in [1.807, 2.05) is 0 Å². The van der Waals surface area contributed by atoms with Gasteiger partial charge < -0.3 is 5.73 Å². The molecule has 1 fully saturated rings. The first-order valence-electron chi connectivity index (χ1n) is 7.16. The van der Waals surface area contributed by atoms with E-state index >= 15 is 0 Å². The Morgan fingerprint density at radius 1 is 1.10 bits per heavy atom. The Balaban J connectivity index is 1.80. The van der Waals surface area contributed by atoms with Crippen molar-refractivity contribution in [3.8, 4) is 11.3 Å². The standard InChI is InChI=1S/C16H20N4/c1-12(20-8-2-3-9-20)13-4-6-14(7-5-13)15-10-18-11-16(17)19-15/h4-7,10-12H,2-3,8-9H2,1H3,(H2,17,19). The number of likely N-dealkylation sites (tertiary alicyclic amines) is 1. The predicted octanol–water partition coefficient (Wildman–Crippen LogP) is 2.88. The number of nitrogens with two attached hydrogens (primary N) is 1. The Bertz CT molecular complexity index is 573. The number of anilines is 1. The summed E-state index contributed by atoms with van der Waals surface area (Å²) >= 11 is 0. The third-order valence-electron chi connectivity index (χ3n) is 4.03. The third-order valence-corrected chi connectivity index (χ3v) is 4.03. The van der Waals surface area contributed by atoms with E-state index in [0.29, 0.717) is 11.9 Å². The van der Waals surface area contributed by atoms with Crippen LogP contribution in [0.4, 0.5) is 5.82 Å². The molecule has 4 nitrogen and oxygen atoms in total. The number of rotatable bonds is 3. The first-order valence-corrected chi connectivity index (χ1v) is 7.16. The zero-order valence-corrected chi connectivity index (χ0v) is 11.8. The highest BCUT2D eigenvalue weighted by molar-refractivity contribution is 5.59. The highest BCUT2D eigenvalue weighted by Gasteiger charge is 2.19. The van der Waals surface area contributed by atoms with Crippen LogP contribution in [-0.2, 0) is 0 Å². The molecule has 2 heterocycles. The fourth-order valence-electron chi connectivity index (χ4n) is 2.79. The second-order valence-electron chi connectivity index (χ2n) is 5.37. The molecule has 1 atom stereocenters. The molecule has 3 rings (SSSR count). The van der Waals surface area contributed by atoms with E-state index in [1.54, 1.807) is 12.4 Å². The van der Waals surface area contributed by atoms with E-state index < -0.39 is 0 Å². The smallest absolute Gasteiger partial charge is 0.142 e. The fraction of sp³-hybridized carbons (Fsp3) is 0.375. The molecule has 1 aromatic heterocycles. The van der Waals surface area contributed by atoms with Crippen molar-refractivity contribution in [2.24, 2.45) is 0 Å². The van der Waals surface area contributed by atoms with Crippen LogP contribution in [0.15, 0.2) is 36.7 Å². The van der Waals surface area contributed by atoms with Crippen LogP contribution in [0, 0.1) is 0 Å². The molecule has 2 aromatic rings. The van der Waals surface area contributed by atoms with Gasteiger partial charge in [0.15, 0.2) is 0 Å². The monoisotopic (exact) mass is 268 g/mol. The molecule has 1 aliphatic rings. The number of benzene rings is 1. The van der Waals surface area contributed by atoms with Gasteiger partial charge in [0, 0.05) is 11.6 Å². The van der Waals surface area contributed by atoms with Crippen molar-refractivity contribution in [1.82, 2.24) is 14.9 Å². The summed E-state index contributed by atoms with van der Waals surface area (Å²) in [5.74, 6) is 0.456. The Labute approximate surface area is 119 Å². The number of hydrogen-bond donors (Lipinski definition) is 1. The highest BCUT2D eigenvalue weighted by Crippen LogP contribution is 2.26. The normalized spacial score (nSPS) is 17.2. The molecule has 1 saturated heterocycles. The third kappa shape index (κ3) is 2.65. The van der Waals surface area contributed by atoms with Crippen LogP contribution in [0.1, 0.15) is 31.4 Å². The van der Waals surface area contributed by atoms with Crippen molar-refractivity contribution in [2.45, 2.75) is 25.8 Å². The first-order chi connectivity index (χ1) is 9.74. The van der Waals surface area contributed by atoms with Gasteiger partial charge in [-0.25, -0.2) is 4.98 Å². The molecule has 0 saturated carbocycles. The van der Waals surface area contributed by atoms with Crippen molar-refractivity contribution < 1.29 is 0 Å². The maximum absolute atomic E-state index is 5.68. The fourth-order valence-corrected chi connectivity index (χ4v) is 2.79. The Hall–Kier alpha value is -1.94. The van der Waals surface area contributed by atoms with Gasteiger partial charge >= 0.3 is 0 Å². The Morgan fingerprint density at radius 3 is 2.45 bits per heavy atom. The summed E-state index contributed by atoms with van der Waals surface area (Å²) in [5, 5.41) is 0. The molecule has 1 unspecified atom stereocenters. The Kier molecular flexibility index (Phi) is 3.65. The molecule has 0 radical (unpaired) electrons. The van der Waals surface area contributed by atoms with Crippen LogP contribution < -0.4 is 5.73 Å². The van der Waals surface area contributed by atoms with Gasteiger partial charge in [-0.05, 0) is 38.4 Å². The first kappa shape index (κ1) is 13.1. The summed E-state index contributed by atoms with van der Waals surface area (Å²) in [6.45, 7) is 4.70. The quantitative estimate of drug-likeness (QED) is 0.930. The average Bonchev–Trinajstić information content (AvgIpc) is 3.01. The van der Waals surface area contributed by atoms with E-state index in [4.69, 9.17) is 5.73 Å². The largest absolute Gasteiger partial charge is 0.382 e. The van der Waals surface area contributed by atoms with Gasteiger partial charge in [-0.2, -0.15) is 0 Å². The van der Waals surface area contributed by atoms with Crippen molar-refractivity contribution in [3.05, 3.63) is 42.2 Å². The minimum atomic E-state index is 0.456. The number of nitrogens with zero attached hydrogens (tertiary/aromatic N) is 3. The summed E-state index contributed by atoms with van der Waals surface area (Å²) in [6.07, 6.45) is 5.95. The van der Waals surface area contributed by atoms with Crippen LogP contribution >= 0.6 is 0 Å². The summed E-state index contributed by atoms with van der Waals surface area (Å²) in [5.41, 5.74) is 8.91. The van der Waals surface area contributed by atoms with Gasteiger partial charge in [0.1, 0.15) is 5.82 Å². The minimum absolute atomic E-state index is 0.456. The molecule has 1 aliphatic heterocycles. The average molecular weight is 268 g/mol. The number of hydrogen-bond acceptors (Lipinski definition) is 4. The predicted molar refractivity (Wildman–Crippen MR) is 81.1 cm³/mol. The number of nitrogen functional groups attached to an aromatic ring is 1. The van der Waals surface area contributed by atoms with Crippen LogP contribution in [0.5, 0.6) is 0 Å². The van der Waals surface area contributed by atoms with Crippen LogP contribution in [-0.4, -0.2) is 28.0 Å². The summed E-state index contributed by atoms with van der Waals surface area (Å²) < 4.78 is 0. The minimum Gasteiger partial charge on any atom is -0.382 e. The van der Waals surface area contributed by atoms with Gasteiger partial charge in [0.25, 0.3) is 0 Å². The van der Waals surface area contributed by atoms with Crippen molar-refractivity contribution >= 4 is 5.82 Å². The molecule has 2 N–H and O–H groups in total. The molecule has 0 aliphatic carbocycles. The summed E-state index contributed by atoms with van der Waals surface area (Å²) in [6, 6.07) is 9.06. The molecule has 20 heavy (non-hydrogen) atoms. The van der Waals surface area contributed by atoms with Gasteiger partial charge in [0.2, 0.25) is 0 Å². The zero-order valence-electron chi connectivity index (χ0n) is 11.8. The lowest BCUT2D eigenvalue weighted by molar-refractivity contribution is 0.263. The van der Waals surface area contributed by atoms with E-state index in [2.05, 4.69) is 46.1 Å². The SMILES string of the molecule is CC(c1ccc(-c2cncc(N)n2)cc1)N1CCCC1. The lowest BCUT2D eigenvalue weighted by Crippen LogP contribution is -2.23. The molecule has 4 heteroatoms. The molecular weight excluding hydrogens is 248 g/mol. The van der Waals surface area contributed by atoms with Crippen LogP contribution in [0.3, 0.4) is 0 Å². The van der Waals surface area contributed by atoms with E-state index in [1.165, 1.54) is 31.5 Å². The maximum Gasteiger partial charge on any atom is 0.142 e. The second kappa shape index (κ2) is 5.59. The van der Waals surface area contributed by atoms with Gasteiger partial charge in [-0.15, -0.1) is 0 Å². The lowest BCUT2D eigenvalue weighted by Gasteiger charge is -2.24. The molecular formula is C16H20N4. The van der Waals surface area contributed by atoms with Crippen molar-refractivity contribution in [1.29, 1.82) is 0 Å². The molecule has 0 spiro atoms. The maximum atomic E-state index is 5.68. The second-order valence-corrected chi connectivity index (χ2v) is 5.37. The van der Waals surface area contributed by atoms with E-state index in [0.717, 1.165) is 11.3 Å². The number of aromatic nitrogens is 2. The van der Waals surface area contributed by atoms with Gasteiger partial charge in [0.05, 0.1) is 18.1 Å². The molecule has 0 bridgehead atoms. The van der Waals surface area contributed by atoms with Gasteiger partial charge in [-0.1, -0.05) is 24.3 Å². The summed E-state index contributed by atoms with van der Waals surface area (Å²) in [7, 11) is 0.